The number of nitrogens with one attached hydrogen (secondary N) is 3. The highest BCUT2D eigenvalue weighted by molar-refractivity contribution is 9.10. The Balaban J connectivity index is 0.00000225. The molecule has 1 aromatic carbocycles. The zero-order valence-corrected chi connectivity index (χ0v) is 15.8. The Labute approximate surface area is 160 Å². The van der Waals surface area contributed by atoms with Gasteiger partial charge in [0.2, 0.25) is 0 Å². The second kappa shape index (κ2) is 9.03. The molecule has 134 valence electrons. The monoisotopic (exact) mass is 427 g/mol. The van der Waals surface area contributed by atoms with Crippen molar-refractivity contribution in [1.29, 1.82) is 0 Å². The minimum Gasteiger partial charge on any atom is -0.444 e. The van der Waals surface area contributed by atoms with E-state index in [-0.39, 0.29) is 30.0 Å². The Bertz CT molecular complexity index is 727. The summed E-state index contributed by atoms with van der Waals surface area (Å²) in [5.41, 5.74) is 1.16. The van der Waals surface area contributed by atoms with Crippen LogP contribution in [0.1, 0.15) is 33.8 Å². The van der Waals surface area contributed by atoms with Crippen molar-refractivity contribution in [2.75, 3.05) is 18.4 Å². The summed E-state index contributed by atoms with van der Waals surface area (Å²) in [5, 5.41) is 8.98. The highest BCUT2D eigenvalue weighted by atomic mass is 79.9. The third kappa shape index (κ3) is 5.32. The van der Waals surface area contributed by atoms with Gasteiger partial charge in [0.15, 0.2) is 10.4 Å². The summed E-state index contributed by atoms with van der Waals surface area (Å²) < 4.78 is 5.69. The van der Waals surface area contributed by atoms with E-state index >= 15 is 0 Å². The maximum atomic E-state index is 12.1. The molecule has 0 radical (unpaired) electrons. The lowest BCUT2D eigenvalue weighted by Crippen LogP contribution is -2.37. The molecule has 2 aromatic rings. The first-order valence-electron chi connectivity index (χ1n) is 7.80. The summed E-state index contributed by atoms with van der Waals surface area (Å²) in [6, 6.07) is 10.4. The van der Waals surface area contributed by atoms with Gasteiger partial charge in [-0.15, -0.1) is 12.4 Å². The molecule has 1 unspecified atom stereocenters. The predicted octanol–water partition coefficient (Wildman–Crippen LogP) is 3.20. The average Bonchev–Trinajstić information content (AvgIpc) is 3.25. The maximum Gasteiger partial charge on any atom is 0.291 e. The summed E-state index contributed by atoms with van der Waals surface area (Å²) in [6.07, 6.45) is 2.25. The summed E-state index contributed by atoms with van der Waals surface area (Å²) in [4.78, 5) is 24.1. The van der Waals surface area contributed by atoms with Gasteiger partial charge in [-0.25, -0.2) is 0 Å². The molecule has 0 saturated carbocycles. The van der Waals surface area contributed by atoms with E-state index in [1.807, 2.05) is 0 Å². The molecule has 8 heteroatoms. The molecule has 2 heterocycles. The minimum atomic E-state index is -0.342. The van der Waals surface area contributed by atoms with Gasteiger partial charge in [0, 0.05) is 23.8 Å². The third-order valence-corrected chi connectivity index (χ3v) is 4.30. The van der Waals surface area contributed by atoms with Crippen molar-refractivity contribution in [3.63, 3.8) is 0 Å². The molecule has 1 saturated heterocycles. The van der Waals surface area contributed by atoms with Crippen LogP contribution >= 0.6 is 28.3 Å². The Hall–Kier alpha value is -1.83. The van der Waals surface area contributed by atoms with E-state index in [0.717, 1.165) is 19.4 Å². The van der Waals surface area contributed by atoms with E-state index in [4.69, 9.17) is 4.42 Å². The summed E-state index contributed by atoms with van der Waals surface area (Å²) >= 11 is 3.15. The lowest BCUT2D eigenvalue weighted by Gasteiger charge is -2.11. The molecule has 1 aromatic heterocycles. The number of anilines is 1. The standard InChI is InChI=1S/C17H18BrN3O3.ClH/c18-15-8-7-14(24-15)17(23)21-12-5-3-11(4-6-12)16(22)20-10-13-2-1-9-19-13;/h3-8,13,19H,1-2,9-10H2,(H,20,22)(H,21,23);1H. The van der Waals surface area contributed by atoms with Crippen LogP contribution in [0.2, 0.25) is 0 Å². The van der Waals surface area contributed by atoms with Crippen LogP contribution in [0.3, 0.4) is 0 Å². The summed E-state index contributed by atoms with van der Waals surface area (Å²) in [7, 11) is 0. The van der Waals surface area contributed by atoms with Gasteiger partial charge < -0.3 is 20.4 Å². The van der Waals surface area contributed by atoms with Gasteiger partial charge in [0.25, 0.3) is 11.8 Å². The number of furan rings is 1. The maximum absolute atomic E-state index is 12.1. The van der Waals surface area contributed by atoms with Crippen molar-refractivity contribution in [3.8, 4) is 0 Å². The first-order chi connectivity index (χ1) is 11.6. The van der Waals surface area contributed by atoms with Crippen molar-refractivity contribution in [1.82, 2.24) is 10.6 Å². The number of hydrogen-bond acceptors (Lipinski definition) is 4. The van der Waals surface area contributed by atoms with E-state index < -0.39 is 0 Å². The zero-order chi connectivity index (χ0) is 16.9. The van der Waals surface area contributed by atoms with Crippen LogP contribution in [-0.4, -0.2) is 30.9 Å². The third-order valence-electron chi connectivity index (χ3n) is 3.87. The first-order valence-corrected chi connectivity index (χ1v) is 8.59. The van der Waals surface area contributed by atoms with Crippen molar-refractivity contribution in [3.05, 3.63) is 52.4 Å². The van der Waals surface area contributed by atoms with Crippen LogP contribution in [0.25, 0.3) is 0 Å². The lowest BCUT2D eigenvalue weighted by atomic mass is 10.1. The Morgan fingerprint density at radius 1 is 1.16 bits per heavy atom. The van der Waals surface area contributed by atoms with Crippen molar-refractivity contribution in [2.24, 2.45) is 0 Å². The number of carbonyl (C=O) groups is 2. The SMILES string of the molecule is Cl.O=C(NCC1CCCN1)c1ccc(NC(=O)c2ccc(Br)o2)cc1. The second-order valence-corrected chi connectivity index (χ2v) is 6.42. The lowest BCUT2D eigenvalue weighted by molar-refractivity contribution is 0.0949. The van der Waals surface area contributed by atoms with Crippen LogP contribution in [-0.2, 0) is 0 Å². The fraction of sp³-hybridized carbons (Fsp3) is 0.294. The van der Waals surface area contributed by atoms with Gasteiger partial charge in [0.1, 0.15) is 0 Å². The molecule has 3 rings (SSSR count). The normalized spacial score (nSPS) is 16.1. The minimum absolute atomic E-state index is 0. The Kier molecular flexibility index (Phi) is 7.04. The van der Waals surface area contributed by atoms with Gasteiger partial charge in [-0.3, -0.25) is 9.59 Å². The second-order valence-electron chi connectivity index (χ2n) is 5.64. The van der Waals surface area contributed by atoms with E-state index in [0.29, 0.717) is 28.5 Å². The number of benzene rings is 1. The van der Waals surface area contributed by atoms with Crippen molar-refractivity contribution in [2.45, 2.75) is 18.9 Å². The molecule has 25 heavy (non-hydrogen) atoms. The fourth-order valence-electron chi connectivity index (χ4n) is 2.58. The van der Waals surface area contributed by atoms with Crippen LogP contribution in [0.5, 0.6) is 0 Å². The highest BCUT2D eigenvalue weighted by Crippen LogP contribution is 2.16. The van der Waals surface area contributed by atoms with Crippen molar-refractivity contribution < 1.29 is 14.0 Å². The molecule has 3 N–H and O–H groups in total. The zero-order valence-electron chi connectivity index (χ0n) is 13.4. The highest BCUT2D eigenvalue weighted by Gasteiger charge is 2.15. The molecule has 0 spiro atoms. The van der Waals surface area contributed by atoms with E-state index in [1.54, 1.807) is 36.4 Å². The molecule has 1 atom stereocenters. The quantitative estimate of drug-likeness (QED) is 0.683. The van der Waals surface area contributed by atoms with Crippen molar-refractivity contribution >= 4 is 45.8 Å². The fourth-order valence-corrected chi connectivity index (χ4v) is 2.89. The largest absolute Gasteiger partial charge is 0.444 e. The van der Waals surface area contributed by atoms with Crippen LogP contribution < -0.4 is 16.0 Å². The number of carbonyl (C=O) groups excluding carboxylic acids is 2. The van der Waals surface area contributed by atoms with Gasteiger partial charge in [-0.1, -0.05) is 0 Å². The number of halogens is 2. The van der Waals surface area contributed by atoms with Gasteiger partial charge in [-0.05, 0) is 71.7 Å². The molecule has 0 bridgehead atoms. The molecule has 0 aliphatic carbocycles. The molecular weight excluding hydrogens is 410 g/mol. The van der Waals surface area contributed by atoms with Gasteiger partial charge >= 0.3 is 0 Å². The molecule has 1 aliphatic heterocycles. The van der Waals surface area contributed by atoms with E-state index in [2.05, 4.69) is 31.9 Å². The van der Waals surface area contributed by atoms with Gasteiger partial charge in [0.05, 0.1) is 0 Å². The van der Waals surface area contributed by atoms with E-state index in [9.17, 15) is 9.59 Å². The molecule has 2 amide bonds. The average molecular weight is 429 g/mol. The molecule has 1 fully saturated rings. The topological polar surface area (TPSA) is 83.4 Å². The van der Waals surface area contributed by atoms with Crippen LogP contribution in [0, 0.1) is 0 Å². The Morgan fingerprint density at radius 3 is 2.52 bits per heavy atom. The van der Waals surface area contributed by atoms with E-state index in [1.165, 1.54) is 0 Å². The number of hydrogen-bond donors (Lipinski definition) is 3. The molecule has 1 aliphatic rings. The summed E-state index contributed by atoms with van der Waals surface area (Å²) in [6.45, 7) is 1.64. The Morgan fingerprint density at radius 2 is 1.92 bits per heavy atom. The number of rotatable bonds is 5. The smallest absolute Gasteiger partial charge is 0.291 e. The molecule has 6 nitrogen and oxygen atoms in total. The van der Waals surface area contributed by atoms with Gasteiger partial charge in [-0.2, -0.15) is 0 Å². The molecular formula is C17H19BrClN3O3. The summed E-state index contributed by atoms with van der Waals surface area (Å²) in [5.74, 6) is -0.241. The first kappa shape index (κ1) is 19.5. The predicted molar refractivity (Wildman–Crippen MR) is 101 cm³/mol. The van der Waals surface area contributed by atoms with Crippen LogP contribution in [0.4, 0.5) is 5.69 Å². The number of amides is 2. The van der Waals surface area contributed by atoms with Crippen LogP contribution in [0.15, 0.2) is 45.5 Å².